The third-order valence-corrected chi connectivity index (χ3v) is 4.04. The number of rotatable bonds is 1. The number of aromatic hydroxyl groups is 1. The Morgan fingerprint density at radius 2 is 2.22 bits per heavy atom. The zero-order valence-corrected chi connectivity index (χ0v) is 10.5. The van der Waals surface area contributed by atoms with Gasteiger partial charge in [-0.25, -0.2) is 0 Å². The smallest absolute Gasteiger partial charge is 0.162 e. The van der Waals surface area contributed by atoms with Crippen LogP contribution in [0.3, 0.4) is 0 Å². The lowest BCUT2D eigenvalue weighted by Gasteiger charge is -2.39. The number of benzene rings is 1. The van der Waals surface area contributed by atoms with E-state index >= 15 is 0 Å². The Kier molecular flexibility index (Phi) is 2.74. The zero-order valence-electron chi connectivity index (χ0n) is 10.5. The van der Waals surface area contributed by atoms with Gasteiger partial charge in [-0.05, 0) is 18.1 Å². The molecule has 96 valence electrons. The summed E-state index contributed by atoms with van der Waals surface area (Å²) in [6, 6.07) is 4.12. The summed E-state index contributed by atoms with van der Waals surface area (Å²) in [7, 11) is 1.56. The van der Waals surface area contributed by atoms with Crippen molar-refractivity contribution in [3.8, 4) is 11.5 Å². The molecule has 1 fully saturated rings. The first kappa shape index (κ1) is 11.5. The number of piperidine rings is 1. The van der Waals surface area contributed by atoms with Gasteiger partial charge in [-0.3, -0.25) is 9.69 Å². The van der Waals surface area contributed by atoms with E-state index in [-0.39, 0.29) is 5.75 Å². The van der Waals surface area contributed by atoms with Crippen molar-refractivity contribution in [2.75, 3.05) is 13.7 Å². The van der Waals surface area contributed by atoms with Crippen LogP contribution in [0, 0.1) is 0 Å². The summed E-state index contributed by atoms with van der Waals surface area (Å²) < 4.78 is 5.14. The fourth-order valence-electron chi connectivity index (χ4n) is 3.00. The Balaban J connectivity index is 1.95. The number of fused-ring (bicyclic) bond motifs is 2. The van der Waals surface area contributed by atoms with Crippen molar-refractivity contribution in [2.24, 2.45) is 0 Å². The summed E-state index contributed by atoms with van der Waals surface area (Å²) in [5.74, 6) is 1.14. The average Bonchev–Trinajstić information content (AvgIpc) is 2.37. The monoisotopic (exact) mass is 247 g/mol. The lowest BCUT2D eigenvalue weighted by molar-refractivity contribution is -0.123. The number of methoxy groups -OCH3 is 1. The Hall–Kier alpha value is -1.55. The van der Waals surface area contributed by atoms with Crippen LogP contribution in [0.2, 0.25) is 0 Å². The molecule has 1 unspecified atom stereocenters. The standard InChI is InChI=1S/C14H17NO3/c1-18-13-3-2-9-6-10-7-11(16)4-5-15(10)8-12(9)14(13)17/h2-3,10,17H,4-8H2,1H3. The van der Waals surface area contributed by atoms with Crippen molar-refractivity contribution < 1.29 is 14.6 Å². The maximum absolute atomic E-state index is 11.5. The summed E-state index contributed by atoms with van der Waals surface area (Å²) in [4.78, 5) is 13.8. The number of Topliss-reactive ketones (excluding diaryl/α,β-unsaturated/α-hetero) is 1. The number of phenolic OH excluding ortho intramolecular Hbond substituents is 1. The molecule has 0 aliphatic carbocycles. The average molecular weight is 247 g/mol. The lowest BCUT2D eigenvalue weighted by atomic mass is 9.87. The molecule has 0 aromatic heterocycles. The Morgan fingerprint density at radius 3 is 3.00 bits per heavy atom. The number of ether oxygens (including phenoxy) is 1. The SMILES string of the molecule is COc1ccc2c(c1O)CN1CCC(=O)CC1C2. The number of ketones is 1. The second kappa shape index (κ2) is 4.28. The molecule has 2 aliphatic heterocycles. The van der Waals surface area contributed by atoms with E-state index in [4.69, 9.17) is 4.74 Å². The molecule has 1 aromatic carbocycles. The molecule has 4 heteroatoms. The second-order valence-electron chi connectivity index (χ2n) is 5.08. The third kappa shape index (κ3) is 1.77. The summed E-state index contributed by atoms with van der Waals surface area (Å²) in [6.45, 7) is 1.52. The molecule has 0 spiro atoms. The molecule has 4 nitrogen and oxygen atoms in total. The van der Waals surface area contributed by atoms with Crippen LogP contribution in [-0.4, -0.2) is 35.5 Å². The molecule has 0 bridgehead atoms. The van der Waals surface area contributed by atoms with Gasteiger partial charge in [0.25, 0.3) is 0 Å². The van der Waals surface area contributed by atoms with Gasteiger partial charge >= 0.3 is 0 Å². The van der Waals surface area contributed by atoms with E-state index in [9.17, 15) is 9.90 Å². The van der Waals surface area contributed by atoms with Crippen LogP contribution in [0.15, 0.2) is 12.1 Å². The summed E-state index contributed by atoms with van der Waals surface area (Å²) in [6.07, 6.45) is 2.13. The van der Waals surface area contributed by atoms with Crippen molar-refractivity contribution >= 4 is 5.78 Å². The van der Waals surface area contributed by atoms with E-state index in [1.807, 2.05) is 6.07 Å². The van der Waals surface area contributed by atoms with Crippen molar-refractivity contribution in [1.29, 1.82) is 0 Å². The zero-order chi connectivity index (χ0) is 12.7. The molecular formula is C14H17NO3. The number of nitrogens with zero attached hydrogens (tertiary/aromatic N) is 1. The number of phenols is 1. The van der Waals surface area contributed by atoms with Crippen molar-refractivity contribution in [3.63, 3.8) is 0 Å². The van der Waals surface area contributed by atoms with Gasteiger partial charge in [0.2, 0.25) is 0 Å². The van der Waals surface area contributed by atoms with E-state index in [1.165, 1.54) is 0 Å². The van der Waals surface area contributed by atoms with E-state index in [2.05, 4.69) is 4.90 Å². The minimum Gasteiger partial charge on any atom is -0.504 e. The van der Waals surface area contributed by atoms with Crippen molar-refractivity contribution in [1.82, 2.24) is 4.90 Å². The minimum absolute atomic E-state index is 0.255. The van der Waals surface area contributed by atoms with Crippen LogP contribution in [0.25, 0.3) is 0 Å². The molecule has 1 atom stereocenters. The van der Waals surface area contributed by atoms with E-state index < -0.39 is 0 Å². The predicted octanol–water partition coefficient (Wildman–Crippen LogP) is 1.49. The van der Waals surface area contributed by atoms with Gasteiger partial charge in [0.1, 0.15) is 5.78 Å². The second-order valence-corrected chi connectivity index (χ2v) is 5.08. The first-order chi connectivity index (χ1) is 8.69. The molecule has 2 aliphatic rings. The van der Waals surface area contributed by atoms with Crippen LogP contribution < -0.4 is 4.74 Å². The fourth-order valence-corrected chi connectivity index (χ4v) is 3.00. The third-order valence-electron chi connectivity index (χ3n) is 4.04. The van der Waals surface area contributed by atoms with Crippen molar-refractivity contribution in [3.05, 3.63) is 23.3 Å². The molecule has 3 rings (SSSR count). The highest BCUT2D eigenvalue weighted by Gasteiger charge is 2.33. The van der Waals surface area contributed by atoms with Gasteiger partial charge in [0, 0.05) is 37.5 Å². The molecule has 1 N–H and O–H groups in total. The van der Waals surface area contributed by atoms with Gasteiger partial charge in [0.15, 0.2) is 11.5 Å². The van der Waals surface area contributed by atoms with Crippen LogP contribution in [0.4, 0.5) is 0 Å². The maximum Gasteiger partial charge on any atom is 0.162 e. The summed E-state index contributed by atoms with van der Waals surface area (Å²) in [5.41, 5.74) is 2.10. The van der Waals surface area contributed by atoms with E-state index in [0.717, 1.165) is 30.6 Å². The van der Waals surface area contributed by atoms with Crippen LogP contribution >= 0.6 is 0 Å². The normalized spacial score (nSPS) is 23.4. The number of hydrogen-bond donors (Lipinski definition) is 1. The molecule has 1 aromatic rings. The van der Waals surface area contributed by atoms with E-state index in [0.29, 0.717) is 30.4 Å². The molecule has 0 amide bonds. The number of carbonyl (C=O) groups excluding carboxylic acids is 1. The first-order valence-corrected chi connectivity index (χ1v) is 6.32. The topological polar surface area (TPSA) is 49.8 Å². The highest BCUT2D eigenvalue weighted by molar-refractivity contribution is 5.80. The molecule has 2 heterocycles. The molecule has 18 heavy (non-hydrogen) atoms. The van der Waals surface area contributed by atoms with Crippen LogP contribution in [0.1, 0.15) is 24.0 Å². The molecular weight excluding hydrogens is 230 g/mol. The fraction of sp³-hybridized carbons (Fsp3) is 0.500. The van der Waals surface area contributed by atoms with Gasteiger partial charge < -0.3 is 9.84 Å². The number of hydrogen-bond acceptors (Lipinski definition) is 4. The van der Waals surface area contributed by atoms with E-state index in [1.54, 1.807) is 13.2 Å². The molecule has 0 saturated carbocycles. The first-order valence-electron chi connectivity index (χ1n) is 6.32. The maximum atomic E-state index is 11.5. The Morgan fingerprint density at radius 1 is 1.39 bits per heavy atom. The highest BCUT2D eigenvalue weighted by Crippen LogP contribution is 2.38. The van der Waals surface area contributed by atoms with Gasteiger partial charge in [-0.15, -0.1) is 0 Å². The Labute approximate surface area is 106 Å². The van der Waals surface area contributed by atoms with Crippen LogP contribution in [0.5, 0.6) is 11.5 Å². The Bertz CT molecular complexity index is 498. The van der Waals surface area contributed by atoms with Gasteiger partial charge in [-0.2, -0.15) is 0 Å². The minimum atomic E-state index is 0.255. The quantitative estimate of drug-likeness (QED) is 0.817. The predicted molar refractivity (Wildman–Crippen MR) is 66.8 cm³/mol. The van der Waals surface area contributed by atoms with Gasteiger partial charge in [-0.1, -0.05) is 6.07 Å². The molecule has 0 radical (unpaired) electrons. The summed E-state index contributed by atoms with van der Waals surface area (Å²) in [5, 5.41) is 10.2. The van der Waals surface area contributed by atoms with Crippen molar-refractivity contribution in [2.45, 2.75) is 31.8 Å². The van der Waals surface area contributed by atoms with Crippen LogP contribution in [-0.2, 0) is 17.8 Å². The largest absolute Gasteiger partial charge is 0.504 e. The summed E-state index contributed by atoms with van der Waals surface area (Å²) >= 11 is 0. The highest BCUT2D eigenvalue weighted by atomic mass is 16.5. The molecule has 1 saturated heterocycles. The van der Waals surface area contributed by atoms with Gasteiger partial charge in [0.05, 0.1) is 7.11 Å². The number of carbonyl (C=O) groups is 1. The lowest BCUT2D eigenvalue weighted by Crippen LogP contribution is -2.46.